The molecule has 5 heteroatoms. The van der Waals surface area contributed by atoms with E-state index in [0.717, 1.165) is 16.3 Å². The Kier molecular flexibility index (Phi) is 6.31. The molecule has 0 unspecified atom stereocenters. The van der Waals surface area contributed by atoms with Crippen molar-refractivity contribution in [2.24, 2.45) is 5.10 Å². The largest absolute Gasteiger partial charge is 0.343 e. The van der Waals surface area contributed by atoms with Gasteiger partial charge >= 0.3 is 0 Å². The zero-order chi connectivity index (χ0) is 19.8. The van der Waals surface area contributed by atoms with Crippen molar-refractivity contribution in [3.8, 4) is 0 Å². The number of nitrogens with one attached hydrogen (secondary N) is 2. The van der Waals surface area contributed by atoms with Crippen LogP contribution in [0.1, 0.15) is 22.8 Å². The number of hydrogen-bond donors (Lipinski definition) is 2. The highest BCUT2D eigenvalue weighted by Crippen LogP contribution is 2.18. The van der Waals surface area contributed by atoms with Crippen molar-refractivity contribution in [3.05, 3.63) is 90.0 Å². The molecule has 3 aromatic rings. The highest BCUT2D eigenvalue weighted by atomic mass is 16.2. The maximum Gasteiger partial charge on any atom is 0.259 e. The number of nitrogens with zero attached hydrogens (tertiary/aromatic N) is 1. The summed E-state index contributed by atoms with van der Waals surface area (Å²) in [6.45, 7) is 1.63. The minimum absolute atomic E-state index is 0.152. The van der Waals surface area contributed by atoms with E-state index < -0.39 is 0 Å². The van der Waals surface area contributed by atoms with Crippen molar-refractivity contribution in [1.29, 1.82) is 0 Å². The standard InChI is InChI=1S/C23H21N3O2/c1-17(14-15-18-8-3-2-4-9-18)25-26-22(27)16-24-23(28)21-13-7-11-19-10-5-6-12-20(19)21/h2-15H,16H2,1H3,(H,24,28)(H,26,27)/b15-14+,25-17-. The highest BCUT2D eigenvalue weighted by molar-refractivity contribution is 6.07. The lowest BCUT2D eigenvalue weighted by molar-refractivity contribution is -0.120. The summed E-state index contributed by atoms with van der Waals surface area (Å²) < 4.78 is 0. The SMILES string of the molecule is CC(/C=C/c1ccccc1)=N/NC(=O)CNC(=O)c1cccc2ccccc12. The van der Waals surface area contributed by atoms with Crippen LogP contribution in [0.3, 0.4) is 0 Å². The Morgan fingerprint density at radius 1 is 0.929 bits per heavy atom. The van der Waals surface area contributed by atoms with Crippen LogP contribution in [0.5, 0.6) is 0 Å². The Labute approximate surface area is 163 Å². The smallest absolute Gasteiger partial charge is 0.259 e. The third-order valence-corrected chi connectivity index (χ3v) is 4.12. The van der Waals surface area contributed by atoms with E-state index in [1.54, 1.807) is 13.0 Å². The van der Waals surface area contributed by atoms with E-state index in [-0.39, 0.29) is 18.4 Å². The predicted octanol–water partition coefficient (Wildman–Crippen LogP) is 3.78. The average Bonchev–Trinajstić information content (AvgIpc) is 2.74. The molecule has 3 rings (SSSR count). The molecule has 0 aliphatic carbocycles. The molecule has 0 saturated carbocycles. The van der Waals surface area contributed by atoms with Crippen LogP contribution < -0.4 is 10.7 Å². The molecular formula is C23H21N3O2. The molecule has 5 nitrogen and oxygen atoms in total. The second kappa shape index (κ2) is 9.28. The first-order valence-electron chi connectivity index (χ1n) is 8.96. The van der Waals surface area contributed by atoms with Gasteiger partial charge in [-0.2, -0.15) is 5.10 Å². The number of carbonyl (C=O) groups excluding carboxylic acids is 2. The molecule has 140 valence electrons. The molecule has 0 radical (unpaired) electrons. The average molecular weight is 371 g/mol. The maximum atomic E-state index is 12.4. The molecule has 2 amide bonds. The molecule has 28 heavy (non-hydrogen) atoms. The zero-order valence-electron chi connectivity index (χ0n) is 15.6. The Bertz CT molecular complexity index is 1030. The summed E-state index contributed by atoms with van der Waals surface area (Å²) in [7, 11) is 0. The van der Waals surface area contributed by atoms with Gasteiger partial charge in [0.15, 0.2) is 0 Å². The van der Waals surface area contributed by atoms with E-state index in [4.69, 9.17) is 0 Å². The topological polar surface area (TPSA) is 70.6 Å². The van der Waals surface area contributed by atoms with Gasteiger partial charge in [0.05, 0.1) is 12.3 Å². The normalized spacial score (nSPS) is 11.5. The van der Waals surface area contributed by atoms with Crippen LogP contribution in [0.15, 0.2) is 84.0 Å². The van der Waals surface area contributed by atoms with Gasteiger partial charge in [-0.1, -0.05) is 72.8 Å². The van der Waals surface area contributed by atoms with Crippen LogP contribution in [0.25, 0.3) is 16.8 Å². The summed E-state index contributed by atoms with van der Waals surface area (Å²) in [5.74, 6) is -0.683. The van der Waals surface area contributed by atoms with Crippen LogP contribution >= 0.6 is 0 Å². The lowest BCUT2D eigenvalue weighted by atomic mass is 10.0. The van der Waals surface area contributed by atoms with Gasteiger partial charge in [0, 0.05) is 5.56 Å². The highest BCUT2D eigenvalue weighted by Gasteiger charge is 2.10. The third-order valence-electron chi connectivity index (χ3n) is 4.12. The fourth-order valence-electron chi connectivity index (χ4n) is 2.69. The van der Waals surface area contributed by atoms with E-state index in [1.807, 2.05) is 78.9 Å². The van der Waals surface area contributed by atoms with Crippen molar-refractivity contribution >= 4 is 34.4 Å². The summed E-state index contributed by atoms with van der Waals surface area (Å²) >= 11 is 0. The lowest BCUT2D eigenvalue weighted by Gasteiger charge is -2.07. The molecule has 0 aliphatic rings. The van der Waals surface area contributed by atoms with Crippen LogP contribution in [-0.4, -0.2) is 24.1 Å². The number of hydrazone groups is 1. The van der Waals surface area contributed by atoms with Crippen molar-refractivity contribution in [1.82, 2.24) is 10.7 Å². The molecule has 0 saturated heterocycles. The van der Waals surface area contributed by atoms with Crippen LogP contribution in [0.4, 0.5) is 0 Å². The number of benzene rings is 3. The van der Waals surface area contributed by atoms with Crippen LogP contribution in [0.2, 0.25) is 0 Å². The lowest BCUT2D eigenvalue weighted by Crippen LogP contribution is -2.35. The Balaban J connectivity index is 1.53. The van der Waals surface area contributed by atoms with E-state index in [9.17, 15) is 9.59 Å². The summed E-state index contributed by atoms with van der Waals surface area (Å²) in [6, 6.07) is 22.9. The molecule has 2 N–H and O–H groups in total. The van der Waals surface area contributed by atoms with Gasteiger partial charge in [-0.15, -0.1) is 0 Å². The minimum atomic E-state index is -0.388. The first-order valence-corrected chi connectivity index (χ1v) is 8.96. The first-order chi connectivity index (χ1) is 13.6. The van der Waals surface area contributed by atoms with Gasteiger partial charge < -0.3 is 5.32 Å². The molecule has 0 heterocycles. The monoisotopic (exact) mass is 371 g/mol. The quantitative estimate of drug-likeness (QED) is 0.511. The third kappa shape index (κ3) is 5.14. The minimum Gasteiger partial charge on any atom is -0.343 e. The molecule has 3 aromatic carbocycles. The summed E-state index contributed by atoms with van der Waals surface area (Å²) in [4.78, 5) is 24.4. The van der Waals surface area contributed by atoms with E-state index >= 15 is 0 Å². The summed E-state index contributed by atoms with van der Waals surface area (Å²) in [5, 5.41) is 8.48. The predicted molar refractivity (Wildman–Crippen MR) is 113 cm³/mol. The van der Waals surface area contributed by atoms with Crippen molar-refractivity contribution in [2.45, 2.75) is 6.92 Å². The number of carbonyl (C=O) groups is 2. The molecular weight excluding hydrogens is 350 g/mol. The molecule has 0 atom stereocenters. The number of hydrogen-bond acceptors (Lipinski definition) is 3. The zero-order valence-corrected chi connectivity index (χ0v) is 15.6. The molecule has 0 fully saturated rings. The Morgan fingerprint density at radius 2 is 1.64 bits per heavy atom. The number of fused-ring (bicyclic) bond motifs is 1. The van der Waals surface area contributed by atoms with E-state index in [0.29, 0.717) is 11.3 Å². The Hall–Kier alpha value is -3.73. The van der Waals surface area contributed by atoms with Crippen molar-refractivity contribution < 1.29 is 9.59 Å². The second-order valence-corrected chi connectivity index (χ2v) is 6.24. The van der Waals surface area contributed by atoms with Gasteiger partial charge in [0.2, 0.25) is 0 Å². The van der Waals surface area contributed by atoms with Gasteiger partial charge in [-0.3, -0.25) is 9.59 Å². The molecule has 0 aromatic heterocycles. The van der Waals surface area contributed by atoms with Crippen molar-refractivity contribution in [3.63, 3.8) is 0 Å². The molecule has 0 spiro atoms. The van der Waals surface area contributed by atoms with E-state index in [1.165, 1.54) is 0 Å². The van der Waals surface area contributed by atoms with Crippen LogP contribution in [-0.2, 0) is 4.79 Å². The van der Waals surface area contributed by atoms with E-state index in [2.05, 4.69) is 15.8 Å². The number of amides is 2. The fourth-order valence-corrected chi connectivity index (χ4v) is 2.69. The fraction of sp³-hybridized carbons (Fsp3) is 0.0870. The summed E-state index contributed by atoms with van der Waals surface area (Å²) in [5.41, 5.74) is 4.68. The molecule has 0 aliphatic heterocycles. The molecule has 0 bridgehead atoms. The van der Waals surface area contributed by atoms with Gasteiger partial charge in [0.1, 0.15) is 0 Å². The maximum absolute atomic E-state index is 12.4. The van der Waals surface area contributed by atoms with Gasteiger partial charge in [0.25, 0.3) is 11.8 Å². The second-order valence-electron chi connectivity index (χ2n) is 6.24. The van der Waals surface area contributed by atoms with Crippen molar-refractivity contribution in [2.75, 3.05) is 6.54 Å². The Morgan fingerprint density at radius 3 is 2.46 bits per heavy atom. The number of allylic oxidation sites excluding steroid dienone is 1. The van der Waals surface area contributed by atoms with Crippen LogP contribution in [0, 0.1) is 0 Å². The summed E-state index contributed by atoms with van der Waals surface area (Å²) in [6.07, 6.45) is 3.72. The number of rotatable bonds is 6. The van der Waals surface area contributed by atoms with Gasteiger partial charge in [-0.05, 0) is 35.4 Å². The van der Waals surface area contributed by atoms with Gasteiger partial charge in [-0.25, -0.2) is 5.43 Å². The first kappa shape index (κ1) is 19.0.